The number of nitriles is 1. The first-order chi connectivity index (χ1) is 13.0. The van der Waals surface area contributed by atoms with E-state index in [4.69, 9.17) is 11.0 Å². The summed E-state index contributed by atoms with van der Waals surface area (Å²) in [5.74, 6) is 0.641. The monoisotopic (exact) mass is 384 g/mol. The first-order valence-electron chi connectivity index (χ1n) is 8.67. The van der Waals surface area contributed by atoms with Crippen molar-refractivity contribution >= 4 is 29.3 Å². The molecule has 2 aromatic rings. The first-order valence-corrected chi connectivity index (χ1v) is 9.55. The molecule has 0 spiro atoms. The Morgan fingerprint density at radius 1 is 1.44 bits per heavy atom. The van der Waals surface area contributed by atoms with E-state index in [-0.39, 0.29) is 18.2 Å². The van der Waals surface area contributed by atoms with Gasteiger partial charge >= 0.3 is 0 Å². The number of thioether (sulfide) groups is 1. The van der Waals surface area contributed by atoms with Crippen LogP contribution in [0.2, 0.25) is 0 Å². The van der Waals surface area contributed by atoms with E-state index in [1.165, 1.54) is 11.8 Å². The zero-order valence-electron chi connectivity index (χ0n) is 14.9. The maximum absolute atomic E-state index is 12.5. The van der Waals surface area contributed by atoms with E-state index in [0.717, 1.165) is 18.7 Å². The molecule has 140 valence electrons. The third-order valence-corrected chi connectivity index (χ3v) is 5.26. The molecule has 27 heavy (non-hydrogen) atoms. The summed E-state index contributed by atoms with van der Waals surface area (Å²) in [5, 5.41) is 20.4. The Morgan fingerprint density at radius 2 is 2.22 bits per heavy atom. The molecule has 1 aliphatic rings. The van der Waals surface area contributed by atoms with Crippen molar-refractivity contribution in [1.82, 2.24) is 14.8 Å². The highest BCUT2D eigenvalue weighted by Gasteiger charge is 2.31. The van der Waals surface area contributed by atoms with E-state index >= 15 is 0 Å². The predicted molar refractivity (Wildman–Crippen MR) is 101 cm³/mol. The van der Waals surface area contributed by atoms with E-state index in [2.05, 4.69) is 15.5 Å². The van der Waals surface area contributed by atoms with Gasteiger partial charge in [0.15, 0.2) is 5.16 Å². The number of nitrogens with zero attached hydrogens (tertiary/aromatic N) is 4. The summed E-state index contributed by atoms with van der Waals surface area (Å²) in [6.45, 7) is 2.19. The van der Waals surface area contributed by atoms with Gasteiger partial charge in [0, 0.05) is 24.6 Å². The standard InChI is InChI=1S/C18H20N6O2S/c1-11(17(26)21-14-4-2-3-12(9-14)10-19)27-18-23-22-16(13-5-6-13)24(18)8-7-15(20)25/h2-4,9,11,13H,5-8H2,1H3,(H2,20,25)(H,21,26)/t11-/m1/s1. The highest BCUT2D eigenvalue weighted by molar-refractivity contribution is 8.00. The van der Waals surface area contributed by atoms with Crippen molar-refractivity contribution in [3.05, 3.63) is 35.7 Å². The third-order valence-electron chi connectivity index (χ3n) is 4.18. The predicted octanol–water partition coefficient (Wildman–Crippen LogP) is 2.02. The molecule has 1 aromatic carbocycles. The summed E-state index contributed by atoms with van der Waals surface area (Å²) in [5.41, 5.74) is 6.32. The van der Waals surface area contributed by atoms with Gasteiger partial charge in [0.1, 0.15) is 5.82 Å². The number of amides is 2. The lowest BCUT2D eigenvalue weighted by Crippen LogP contribution is -2.23. The van der Waals surface area contributed by atoms with Crippen molar-refractivity contribution in [3.63, 3.8) is 0 Å². The zero-order chi connectivity index (χ0) is 19.4. The number of carbonyl (C=O) groups is 2. The number of benzene rings is 1. The van der Waals surface area contributed by atoms with E-state index in [0.29, 0.717) is 28.9 Å². The number of nitrogens with one attached hydrogen (secondary N) is 1. The number of primary amides is 1. The second kappa shape index (κ2) is 8.22. The molecule has 0 bridgehead atoms. The van der Waals surface area contributed by atoms with Crippen LogP contribution in [0.15, 0.2) is 29.4 Å². The van der Waals surface area contributed by atoms with E-state index in [9.17, 15) is 9.59 Å². The molecular formula is C18H20N6O2S. The molecule has 0 saturated heterocycles. The SMILES string of the molecule is C[C@@H](Sc1nnc(C2CC2)n1CCC(N)=O)C(=O)Nc1cccc(C#N)c1. The van der Waals surface area contributed by atoms with Crippen molar-refractivity contribution in [3.8, 4) is 6.07 Å². The lowest BCUT2D eigenvalue weighted by atomic mass is 10.2. The van der Waals surface area contributed by atoms with Gasteiger partial charge in [-0.05, 0) is 38.0 Å². The fraction of sp³-hybridized carbons (Fsp3) is 0.389. The second-order valence-corrected chi connectivity index (χ2v) is 7.73. The molecule has 2 amide bonds. The topological polar surface area (TPSA) is 127 Å². The van der Waals surface area contributed by atoms with Crippen LogP contribution < -0.4 is 11.1 Å². The Bertz CT molecular complexity index is 899. The van der Waals surface area contributed by atoms with Gasteiger partial charge in [0.2, 0.25) is 11.8 Å². The van der Waals surface area contributed by atoms with Gasteiger partial charge in [-0.15, -0.1) is 10.2 Å². The molecule has 1 saturated carbocycles. The summed E-state index contributed by atoms with van der Waals surface area (Å²) in [6.07, 6.45) is 2.32. The van der Waals surface area contributed by atoms with Gasteiger partial charge in [-0.1, -0.05) is 17.8 Å². The summed E-state index contributed by atoms with van der Waals surface area (Å²) >= 11 is 1.29. The molecule has 1 aromatic heterocycles. The molecule has 1 atom stereocenters. The molecule has 1 aliphatic carbocycles. The molecule has 1 fully saturated rings. The minimum Gasteiger partial charge on any atom is -0.370 e. The van der Waals surface area contributed by atoms with Crippen molar-refractivity contribution in [1.29, 1.82) is 5.26 Å². The zero-order valence-corrected chi connectivity index (χ0v) is 15.7. The number of carbonyl (C=O) groups excluding carboxylic acids is 2. The van der Waals surface area contributed by atoms with Crippen molar-refractivity contribution in [2.75, 3.05) is 5.32 Å². The number of rotatable bonds is 8. The highest BCUT2D eigenvalue weighted by atomic mass is 32.2. The highest BCUT2D eigenvalue weighted by Crippen LogP contribution is 2.40. The van der Waals surface area contributed by atoms with Crippen molar-refractivity contribution in [2.45, 2.75) is 49.1 Å². The van der Waals surface area contributed by atoms with Crippen LogP contribution in [0.25, 0.3) is 0 Å². The molecule has 0 unspecified atom stereocenters. The maximum atomic E-state index is 12.5. The maximum Gasteiger partial charge on any atom is 0.237 e. The quantitative estimate of drug-likeness (QED) is 0.670. The lowest BCUT2D eigenvalue weighted by Gasteiger charge is -2.13. The van der Waals surface area contributed by atoms with E-state index in [1.54, 1.807) is 31.2 Å². The molecule has 3 N–H and O–H groups in total. The van der Waals surface area contributed by atoms with Crippen LogP contribution >= 0.6 is 11.8 Å². The molecule has 3 rings (SSSR count). The van der Waals surface area contributed by atoms with Crippen LogP contribution in [0, 0.1) is 11.3 Å². The van der Waals surface area contributed by atoms with Crippen LogP contribution in [-0.2, 0) is 16.1 Å². The van der Waals surface area contributed by atoms with Crippen LogP contribution in [0.1, 0.15) is 43.5 Å². The summed E-state index contributed by atoms with van der Waals surface area (Å²) in [7, 11) is 0. The summed E-state index contributed by atoms with van der Waals surface area (Å²) in [4.78, 5) is 23.7. The smallest absolute Gasteiger partial charge is 0.237 e. The van der Waals surface area contributed by atoms with E-state index in [1.807, 2.05) is 10.6 Å². The Balaban J connectivity index is 1.69. The average Bonchev–Trinajstić information content (AvgIpc) is 3.41. The van der Waals surface area contributed by atoms with Gasteiger partial charge < -0.3 is 15.6 Å². The van der Waals surface area contributed by atoms with Crippen LogP contribution in [0.5, 0.6) is 0 Å². The molecule has 9 heteroatoms. The Labute approximate surface area is 161 Å². The number of anilines is 1. The number of aromatic nitrogens is 3. The molecular weight excluding hydrogens is 364 g/mol. The van der Waals surface area contributed by atoms with Gasteiger partial charge in [-0.3, -0.25) is 9.59 Å². The van der Waals surface area contributed by atoms with E-state index < -0.39 is 5.25 Å². The largest absolute Gasteiger partial charge is 0.370 e. The fourth-order valence-corrected chi connectivity index (χ4v) is 3.47. The number of nitrogens with two attached hydrogens (primary N) is 1. The Morgan fingerprint density at radius 3 is 2.89 bits per heavy atom. The van der Waals surface area contributed by atoms with Crippen LogP contribution in [0.3, 0.4) is 0 Å². The van der Waals surface area contributed by atoms with Crippen molar-refractivity contribution in [2.24, 2.45) is 5.73 Å². The molecule has 0 radical (unpaired) electrons. The third kappa shape index (κ3) is 4.86. The average molecular weight is 384 g/mol. The lowest BCUT2D eigenvalue weighted by molar-refractivity contribution is -0.118. The summed E-state index contributed by atoms with van der Waals surface area (Å²) < 4.78 is 1.90. The number of hydrogen-bond acceptors (Lipinski definition) is 6. The molecule has 8 nitrogen and oxygen atoms in total. The van der Waals surface area contributed by atoms with Gasteiger partial charge in [0.25, 0.3) is 0 Å². The van der Waals surface area contributed by atoms with Crippen LogP contribution in [0.4, 0.5) is 5.69 Å². The van der Waals surface area contributed by atoms with Gasteiger partial charge in [-0.2, -0.15) is 5.26 Å². The fourth-order valence-electron chi connectivity index (χ4n) is 2.58. The summed E-state index contributed by atoms with van der Waals surface area (Å²) in [6, 6.07) is 8.79. The van der Waals surface area contributed by atoms with Gasteiger partial charge in [0.05, 0.1) is 16.9 Å². The minimum atomic E-state index is -0.431. The Kier molecular flexibility index (Phi) is 5.76. The molecule has 1 heterocycles. The minimum absolute atomic E-state index is 0.201. The number of hydrogen-bond donors (Lipinski definition) is 2. The second-order valence-electron chi connectivity index (χ2n) is 6.42. The Hall–Kier alpha value is -2.86. The van der Waals surface area contributed by atoms with Crippen LogP contribution in [-0.4, -0.2) is 31.8 Å². The van der Waals surface area contributed by atoms with Crippen molar-refractivity contribution < 1.29 is 9.59 Å². The first kappa shape index (κ1) is 18.9. The molecule has 0 aliphatic heterocycles. The van der Waals surface area contributed by atoms with Gasteiger partial charge in [-0.25, -0.2) is 0 Å². The normalized spacial score (nSPS) is 14.4.